The predicted octanol–water partition coefficient (Wildman–Crippen LogP) is 0.306. The summed E-state index contributed by atoms with van der Waals surface area (Å²) in [5, 5.41) is -0.692. The van der Waals surface area contributed by atoms with Crippen LogP contribution in [-0.4, -0.2) is 54.9 Å². The van der Waals surface area contributed by atoms with E-state index in [2.05, 4.69) is 0 Å². The van der Waals surface area contributed by atoms with Gasteiger partial charge < -0.3 is 10.6 Å². The summed E-state index contributed by atoms with van der Waals surface area (Å²) in [5.74, 6) is 1.31. The minimum Gasteiger partial charge on any atom is -0.327 e. The number of amides is 1. The van der Waals surface area contributed by atoms with Gasteiger partial charge in [0, 0.05) is 36.8 Å². The van der Waals surface area contributed by atoms with E-state index < -0.39 is 15.2 Å². The molecule has 7 heteroatoms. The molecule has 1 fully saturated rings. The molecule has 1 aliphatic rings. The highest BCUT2D eigenvalue weighted by molar-refractivity contribution is 8.00. The second-order valence-corrected chi connectivity index (χ2v) is 8.41. The molecule has 0 saturated carbocycles. The Kier molecular flexibility index (Phi) is 5.48. The molecular weight excluding hydrogens is 272 g/mol. The van der Waals surface area contributed by atoms with Crippen molar-refractivity contribution in [3.8, 4) is 0 Å². The summed E-state index contributed by atoms with van der Waals surface area (Å²) in [5.41, 5.74) is 5.88. The van der Waals surface area contributed by atoms with E-state index in [1.807, 2.05) is 13.8 Å². The number of nitrogens with two attached hydrogens (primary N) is 1. The van der Waals surface area contributed by atoms with Gasteiger partial charge in [0.2, 0.25) is 5.91 Å². The first-order valence-electron chi connectivity index (χ1n) is 6.05. The zero-order chi connectivity index (χ0) is 13.9. The topological polar surface area (TPSA) is 80.5 Å². The van der Waals surface area contributed by atoms with Crippen molar-refractivity contribution in [2.24, 2.45) is 11.7 Å². The fourth-order valence-electron chi connectivity index (χ4n) is 1.78. The van der Waals surface area contributed by atoms with Gasteiger partial charge in [0.1, 0.15) is 5.37 Å². The number of hydrogen-bond donors (Lipinski definition) is 1. The summed E-state index contributed by atoms with van der Waals surface area (Å²) in [6, 6.07) is -0.215. The third kappa shape index (κ3) is 4.13. The fraction of sp³-hybridized carbons (Fsp3) is 0.909. The lowest BCUT2D eigenvalue weighted by atomic mass is 10.0. The highest BCUT2D eigenvalue weighted by atomic mass is 32.2. The summed E-state index contributed by atoms with van der Waals surface area (Å²) in [6.45, 7) is 4.40. The van der Waals surface area contributed by atoms with Crippen LogP contribution in [0.2, 0.25) is 0 Å². The molecule has 2 N–H and O–H groups in total. The average molecular weight is 294 g/mol. The van der Waals surface area contributed by atoms with Crippen LogP contribution in [0.1, 0.15) is 20.3 Å². The Morgan fingerprint density at radius 3 is 2.61 bits per heavy atom. The summed E-state index contributed by atoms with van der Waals surface area (Å²) in [7, 11) is -3.23. The number of hydrogen-bond acceptors (Lipinski definition) is 5. The van der Waals surface area contributed by atoms with Crippen LogP contribution < -0.4 is 5.73 Å². The number of carbonyl (C=O) groups is 1. The molecule has 1 saturated heterocycles. The zero-order valence-corrected chi connectivity index (χ0v) is 12.8. The first kappa shape index (κ1) is 15.8. The quantitative estimate of drug-likeness (QED) is 0.807. The van der Waals surface area contributed by atoms with Crippen LogP contribution in [0.25, 0.3) is 0 Å². The number of carbonyl (C=O) groups excluding carboxylic acids is 1. The third-order valence-corrected chi connectivity index (χ3v) is 5.81. The Hall–Kier alpha value is -0.270. The lowest BCUT2D eigenvalue weighted by Gasteiger charge is -2.35. The van der Waals surface area contributed by atoms with E-state index in [1.54, 1.807) is 11.8 Å². The van der Waals surface area contributed by atoms with Gasteiger partial charge in [-0.1, -0.05) is 13.8 Å². The van der Waals surface area contributed by atoms with Crippen molar-refractivity contribution in [1.29, 1.82) is 0 Å². The standard InChI is InChI=1S/C11H22N2O3S2/c1-8(2)9(12)6-10(14)13-4-5-17-7-11(13)18(3,15)16/h8-9,11H,4-7,12H2,1-3H3. The molecule has 1 rings (SSSR count). The maximum Gasteiger partial charge on any atom is 0.225 e. The lowest BCUT2D eigenvalue weighted by molar-refractivity contribution is -0.132. The van der Waals surface area contributed by atoms with Crippen molar-refractivity contribution < 1.29 is 13.2 Å². The molecule has 106 valence electrons. The smallest absolute Gasteiger partial charge is 0.225 e. The van der Waals surface area contributed by atoms with Crippen LogP contribution in [0.3, 0.4) is 0 Å². The van der Waals surface area contributed by atoms with Gasteiger partial charge in [-0.25, -0.2) is 8.42 Å². The van der Waals surface area contributed by atoms with E-state index in [4.69, 9.17) is 5.73 Å². The van der Waals surface area contributed by atoms with Gasteiger partial charge in [-0.2, -0.15) is 11.8 Å². The lowest BCUT2D eigenvalue weighted by Crippen LogP contribution is -2.51. The fourth-order valence-corrected chi connectivity index (χ4v) is 4.61. The number of thioether (sulfide) groups is 1. The zero-order valence-electron chi connectivity index (χ0n) is 11.1. The van der Waals surface area contributed by atoms with Gasteiger partial charge in [0.25, 0.3) is 0 Å². The Morgan fingerprint density at radius 2 is 2.11 bits per heavy atom. The Labute approximate surface area is 113 Å². The highest BCUT2D eigenvalue weighted by Crippen LogP contribution is 2.21. The van der Waals surface area contributed by atoms with E-state index in [-0.39, 0.29) is 24.3 Å². The summed E-state index contributed by atoms with van der Waals surface area (Å²) in [6.07, 6.45) is 1.40. The molecule has 0 aromatic heterocycles. The van der Waals surface area contributed by atoms with Gasteiger partial charge in [-0.3, -0.25) is 4.79 Å². The first-order chi connectivity index (χ1) is 8.23. The van der Waals surface area contributed by atoms with Crippen LogP contribution >= 0.6 is 11.8 Å². The molecule has 0 aliphatic carbocycles. The number of sulfone groups is 1. The predicted molar refractivity (Wildman–Crippen MR) is 75.1 cm³/mol. The average Bonchev–Trinajstić information content (AvgIpc) is 2.27. The number of nitrogens with zero attached hydrogens (tertiary/aromatic N) is 1. The maximum atomic E-state index is 12.1. The highest BCUT2D eigenvalue weighted by Gasteiger charge is 2.34. The molecule has 5 nitrogen and oxygen atoms in total. The number of rotatable bonds is 4. The first-order valence-corrected chi connectivity index (χ1v) is 9.16. The molecule has 0 aromatic carbocycles. The molecule has 0 bridgehead atoms. The molecule has 0 aromatic rings. The van der Waals surface area contributed by atoms with Gasteiger partial charge >= 0.3 is 0 Å². The van der Waals surface area contributed by atoms with Crippen molar-refractivity contribution >= 4 is 27.5 Å². The van der Waals surface area contributed by atoms with Crippen LogP contribution in [0, 0.1) is 5.92 Å². The van der Waals surface area contributed by atoms with Gasteiger partial charge in [-0.15, -0.1) is 0 Å². The molecule has 1 aliphatic heterocycles. The van der Waals surface area contributed by atoms with Crippen LogP contribution in [0.15, 0.2) is 0 Å². The molecule has 0 radical (unpaired) electrons. The SMILES string of the molecule is CC(C)C(N)CC(=O)N1CCSCC1S(C)(=O)=O. The summed E-state index contributed by atoms with van der Waals surface area (Å²) in [4.78, 5) is 13.6. The van der Waals surface area contributed by atoms with Crippen LogP contribution in [0.5, 0.6) is 0 Å². The molecule has 1 amide bonds. The molecule has 18 heavy (non-hydrogen) atoms. The van der Waals surface area contributed by atoms with E-state index >= 15 is 0 Å². The molecule has 1 heterocycles. The molecule has 0 spiro atoms. The normalized spacial score (nSPS) is 23.2. The van der Waals surface area contributed by atoms with Crippen molar-refractivity contribution in [1.82, 2.24) is 4.90 Å². The maximum absolute atomic E-state index is 12.1. The minimum absolute atomic E-state index is 0.146. The van der Waals surface area contributed by atoms with Gasteiger partial charge in [0.15, 0.2) is 9.84 Å². The van der Waals surface area contributed by atoms with Crippen molar-refractivity contribution in [2.75, 3.05) is 24.3 Å². The van der Waals surface area contributed by atoms with Crippen molar-refractivity contribution in [3.05, 3.63) is 0 Å². The molecule has 2 atom stereocenters. The van der Waals surface area contributed by atoms with Crippen molar-refractivity contribution in [2.45, 2.75) is 31.7 Å². The van der Waals surface area contributed by atoms with E-state index in [0.29, 0.717) is 12.3 Å². The second kappa shape index (κ2) is 6.25. The van der Waals surface area contributed by atoms with E-state index in [1.165, 1.54) is 11.2 Å². The van der Waals surface area contributed by atoms with E-state index in [9.17, 15) is 13.2 Å². The second-order valence-electron chi connectivity index (χ2n) is 5.06. The van der Waals surface area contributed by atoms with Crippen LogP contribution in [-0.2, 0) is 14.6 Å². The Bertz CT molecular complexity index is 395. The molecular formula is C11H22N2O3S2. The van der Waals surface area contributed by atoms with Crippen LogP contribution in [0.4, 0.5) is 0 Å². The summed E-state index contributed by atoms with van der Waals surface area (Å²) >= 11 is 1.57. The van der Waals surface area contributed by atoms with Gasteiger partial charge in [-0.05, 0) is 5.92 Å². The Morgan fingerprint density at radius 1 is 1.50 bits per heavy atom. The largest absolute Gasteiger partial charge is 0.327 e. The summed E-state index contributed by atoms with van der Waals surface area (Å²) < 4.78 is 23.4. The monoisotopic (exact) mass is 294 g/mol. The minimum atomic E-state index is -3.23. The van der Waals surface area contributed by atoms with E-state index in [0.717, 1.165) is 5.75 Å². The third-order valence-electron chi connectivity index (χ3n) is 3.17. The van der Waals surface area contributed by atoms with Crippen molar-refractivity contribution in [3.63, 3.8) is 0 Å². The van der Waals surface area contributed by atoms with Gasteiger partial charge in [0.05, 0.1) is 0 Å². The Balaban J connectivity index is 2.75. The molecule has 2 unspecified atom stereocenters.